The van der Waals surface area contributed by atoms with Crippen molar-refractivity contribution in [1.82, 2.24) is 10.6 Å². The Labute approximate surface area is 107 Å². The molecule has 0 aliphatic heterocycles. The molecule has 0 bridgehead atoms. The minimum absolute atomic E-state index is 0.0566. The van der Waals surface area contributed by atoms with E-state index in [2.05, 4.69) is 10.6 Å². The quantitative estimate of drug-likeness (QED) is 0.763. The van der Waals surface area contributed by atoms with Gasteiger partial charge >= 0.3 is 0 Å². The van der Waals surface area contributed by atoms with Crippen LogP contribution in [0.15, 0.2) is 24.3 Å². The number of amides is 1. The van der Waals surface area contributed by atoms with E-state index >= 15 is 0 Å². The Bertz CT molecular complexity index is 391. The van der Waals surface area contributed by atoms with E-state index in [1.807, 2.05) is 0 Å². The van der Waals surface area contributed by atoms with Gasteiger partial charge in [-0.2, -0.15) is 0 Å². The van der Waals surface area contributed by atoms with E-state index < -0.39 is 0 Å². The normalized spacial score (nSPS) is 14.6. The summed E-state index contributed by atoms with van der Waals surface area (Å²) in [6.45, 7) is 1.67. The number of hydrogen-bond acceptors (Lipinski definition) is 2. The van der Waals surface area contributed by atoms with Gasteiger partial charge in [0.1, 0.15) is 0 Å². The first-order valence-corrected chi connectivity index (χ1v) is 6.40. The van der Waals surface area contributed by atoms with Crippen molar-refractivity contribution in [2.45, 2.75) is 25.3 Å². The van der Waals surface area contributed by atoms with Gasteiger partial charge in [-0.15, -0.1) is 0 Å². The molecule has 92 valence electrons. The maximum atomic E-state index is 11.7. The van der Waals surface area contributed by atoms with Crippen LogP contribution in [-0.2, 0) is 0 Å². The summed E-state index contributed by atoms with van der Waals surface area (Å²) in [5, 5.41) is 6.88. The van der Waals surface area contributed by atoms with Crippen LogP contribution in [-0.4, -0.2) is 25.0 Å². The van der Waals surface area contributed by atoms with Gasteiger partial charge in [0.05, 0.1) is 0 Å². The van der Waals surface area contributed by atoms with Crippen LogP contribution in [0.5, 0.6) is 0 Å². The van der Waals surface area contributed by atoms with E-state index in [0.717, 1.165) is 19.0 Å². The van der Waals surface area contributed by atoms with Crippen molar-refractivity contribution >= 4 is 17.5 Å². The van der Waals surface area contributed by atoms with Gasteiger partial charge in [-0.3, -0.25) is 4.79 Å². The van der Waals surface area contributed by atoms with Crippen LogP contribution < -0.4 is 10.6 Å². The van der Waals surface area contributed by atoms with Crippen LogP contribution in [0.2, 0.25) is 5.02 Å². The molecule has 1 aromatic rings. The highest BCUT2D eigenvalue weighted by Gasteiger charge is 2.19. The molecule has 1 amide bonds. The molecule has 0 spiro atoms. The van der Waals surface area contributed by atoms with Gasteiger partial charge in [0.15, 0.2) is 0 Å². The highest BCUT2D eigenvalue weighted by molar-refractivity contribution is 6.30. The summed E-state index contributed by atoms with van der Waals surface area (Å²) in [5.74, 6) is -0.0566. The van der Waals surface area contributed by atoms with Crippen molar-refractivity contribution in [3.8, 4) is 0 Å². The van der Waals surface area contributed by atoms with E-state index in [9.17, 15) is 4.79 Å². The Morgan fingerprint density at radius 2 is 2.18 bits per heavy atom. The summed E-state index contributed by atoms with van der Waals surface area (Å²) in [5.41, 5.74) is 0.618. The lowest BCUT2D eigenvalue weighted by Crippen LogP contribution is -2.27. The summed E-state index contributed by atoms with van der Waals surface area (Å²) in [6.07, 6.45) is 3.56. The number of rotatable bonds is 6. The van der Waals surface area contributed by atoms with Crippen molar-refractivity contribution in [3.63, 3.8) is 0 Å². The van der Waals surface area contributed by atoms with Gasteiger partial charge < -0.3 is 10.6 Å². The molecule has 3 nitrogen and oxygen atoms in total. The molecule has 2 rings (SSSR count). The molecule has 4 heteroatoms. The number of carbonyl (C=O) groups is 1. The van der Waals surface area contributed by atoms with Gasteiger partial charge in [0, 0.05) is 23.2 Å². The van der Waals surface area contributed by atoms with Crippen molar-refractivity contribution < 1.29 is 4.79 Å². The van der Waals surface area contributed by atoms with Crippen LogP contribution >= 0.6 is 11.6 Å². The Hall–Kier alpha value is -1.06. The minimum Gasteiger partial charge on any atom is -0.352 e. The van der Waals surface area contributed by atoms with Crippen molar-refractivity contribution in [3.05, 3.63) is 34.9 Å². The van der Waals surface area contributed by atoms with Crippen molar-refractivity contribution in [2.75, 3.05) is 13.1 Å². The van der Waals surface area contributed by atoms with Crippen LogP contribution in [0.25, 0.3) is 0 Å². The summed E-state index contributed by atoms with van der Waals surface area (Å²) in [7, 11) is 0. The predicted octanol–water partition coefficient (Wildman–Crippen LogP) is 2.21. The lowest BCUT2D eigenvalue weighted by molar-refractivity contribution is 0.0953. The highest BCUT2D eigenvalue weighted by atomic mass is 35.5. The third-order valence-corrected chi connectivity index (χ3v) is 2.97. The molecule has 1 fully saturated rings. The van der Waals surface area contributed by atoms with E-state index in [1.165, 1.54) is 12.8 Å². The lowest BCUT2D eigenvalue weighted by Gasteiger charge is -2.06. The fourth-order valence-corrected chi connectivity index (χ4v) is 1.81. The smallest absolute Gasteiger partial charge is 0.251 e. The van der Waals surface area contributed by atoms with Gasteiger partial charge in [-0.1, -0.05) is 17.7 Å². The SMILES string of the molecule is O=C(NCCCNC1CC1)c1cccc(Cl)c1. The zero-order chi connectivity index (χ0) is 12.1. The molecule has 0 atom stereocenters. The molecule has 1 aliphatic carbocycles. The van der Waals surface area contributed by atoms with E-state index in [0.29, 0.717) is 17.1 Å². The molecule has 0 saturated heterocycles. The highest BCUT2D eigenvalue weighted by Crippen LogP contribution is 2.18. The van der Waals surface area contributed by atoms with Crippen LogP contribution in [0.4, 0.5) is 0 Å². The molecule has 2 N–H and O–H groups in total. The summed E-state index contributed by atoms with van der Waals surface area (Å²) in [6, 6.07) is 7.73. The number of nitrogens with one attached hydrogen (secondary N) is 2. The van der Waals surface area contributed by atoms with E-state index in [1.54, 1.807) is 24.3 Å². The van der Waals surface area contributed by atoms with E-state index in [-0.39, 0.29) is 5.91 Å². The average Bonchev–Trinajstić information content (AvgIpc) is 3.12. The van der Waals surface area contributed by atoms with Crippen LogP contribution in [0.3, 0.4) is 0 Å². The number of hydrogen-bond donors (Lipinski definition) is 2. The monoisotopic (exact) mass is 252 g/mol. The summed E-state index contributed by atoms with van der Waals surface area (Å²) < 4.78 is 0. The molecular weight excluding hydrogens is 236 g/mol. The second-order valence-corrected chi connectivity index (χ2v) is 4.78. The molecule has 0 aromatic heterocycles. The zero-order valence-electron chi connectivity index (χ0n) is 9.71. The molecule has 0 unspecified atom stereocenters. The summed E-state index contributed by atoms with van der Waals surface area (Å²) in [4.78, 5) is 11.7. The van der Waals surface area contributed by atoms with Gasteiger partial charge in [0.2, 0.25) is 0 Å². The first-order valence-electron chi connectivity index (χ1n) is 6.03. The van der Waals surface area contributed by atoms with Crippen molar-refractivity contribution in [2.24, 2.45) is 0 Å². The average molecular weight is 253 g/mol. The van der Waals surface area contributed by atoms with Crippen molar-refractivity contribution in [1.29, 1.82) is 0 Å². The molecule has 1 saturated carbocycles. The van der Waals surface area contributed by atoms with Gasteiger partial charge in [0.25, 0.3) is 5.91 Å². The summed E-state index contributed by atoms with van der Waals surface area (Å²) >= 11 is 5.82. The third-order valence-electron chi connectivity index (χ3n) is 2.74. The Kier molecular flexibility index (Phi) is 4.40. The molecule has 1 aliphatic rings. The first-order chi connectivity index (χ1) is 8.25. The minimum atomic E-state index is -0.0566. The number of halogens is 1. The topological polar surface area (TPSA) is 41.1 Å². The zero-order valence-corrected chi connectivity index (χ0v) is 10.5. The molecule has 0 heterocycles. The van der Waals surface area contributed by atoms with Gasteiger partial charge in [-0.25, -0.2) is 0 Å². The molecule has 17 heavy (non-hydrogen) atoms. The second kappa shape index (κ2) is 6.03. The van der Waals surface area contributed by atoms with Crippen LogP contribution in [0, 0.1) is 0 Å². The lowest BCUT2D eigenvalue weighted by atomic mass is 10.2. The number of benzene rings is 1. The van der Waals surface area contributed by atoms with E-state index in [4.69, 9.17) is 11.6 Å². The Morgan fingerprint density at radius 3 is 2.88 bits per heavy atom. The molecule has 1 aromatic carbocycles. The first kappa shape index (κ1) is 12.4. The largest absolute Gasteiger partial charge is 0.352 e. The maximum absolute atomic E-state index is 11.7. The maximum Gasteiger partial charge on any atom is 0.251 e. The molecule has 0 radical (unpaired) electrons. The predicted molar refractivity (Wildman–Crippen MR) is 69.4 cm³/mol. The Balaban J connectivity index is 1.65. The van der Waals surface area contributed by atoms with Crippen LogP contribution in [0.1, 0.15) is 29.6 Å². The third kappa shape index (κ3) is 4.36. The molecular formula is C13H17ClN2O. The fourth-order valence-electron chi connectivity index (χ4n) is 1.62. The fraction of sp³-hybridized carbons (Fsp3) is 0.462. The second-order valence-electron chi connectivity index (χ2n) is 4.35. The Morgan fingerprint density at radius 1 is 1.35 bits per heavy atom. The number of carbonyl (C=O) groups excluding carboxylic acids is 1. The van der Waals surface area contributed by atoms with Gasteiger partial charge in [-0.05, 0) is 44.0 Å². The standard InChI is InChI=1S/C13H17ClN2O/c14-11-4-1-3-10(9-11)13(17)16-8-2-7-15-12-5-6-12/h1,3-4,9,12,15H,2,5-8H2,(H,16,17).